The first kappa shape index (κ1) is 12.0. The number of aliphatic hydroxyl groups excluding tert-OH is 1. The van der Waals surface area contributed by atoms with E-state index in [0.29, 0.717) is 23.9 Å². The molecule has 1 fully saturated rings. The normalized spacial score (nSPS) is 25.8. The molecule has 0 saturated carbocycles. The molecule has 2 rings (SSSR count). The van der Waals surface area contributed by atoms with Crippen LogP contribution < -0.4 is 0 Å². The molecule has 16 heavy (non-hydrogen) atoms. The minimum Gasteiger partial charge on any atom is -0.393 e. The van der Waals surface area contributed by atoms with Crippen LogP contribution in [0.4, 0.5) is 8.78 Å². The Bertz CT molecular complexity index is 398. The van der Waals surface area contributed by atoms with Crippen LogP contribution in [0, 0.1) is 11.6 Å². The molecule has 2 unspecified atom stereocenters. The number of ether oxygens (including phenoxy) is 1. The number of halogens is 3. The molecule has 0 aliphatic carbocycles. The summed E-state index contributed by atoms with van der Waals surface area (Å²) in [5.74, 6) is -1.81. The van der Waals surface area contributed by atoms with Crippen molar-refractivity contribution in [2.75, 3.05) is 6.61 Å². The molecule has 0 aromatic heterocycles. The molecule has 1 aliphatic rings. The molecule has 88 valence electrons. The molecule has 1 heterocycles. The Morgan fingerprint density at radius 1 is 1.38 bits per heavy atom. The zero-order chi connectivity index (χ0) is 11.7. The van der Waals surface area contributed by atoms with E-state index in [4.69, 9.17) is 4.74 Å². The Morgan fingerprint density at radius 3 is 2.81 bits per heavy atom. The van der Waals surface area contributed by atoms with E-state index in [1.807, 2.05) is 0 Å². The summed E-state index contributed by atoms with van der Waals surface area (Å²) in [7, 11) is 0. The van der Waals surface area contributed by atoms with Crippen LogP contribution in [0.5, 0.6) is 0 Å². The number of aliphatic hydroxyl groups is 1. The van der Waals surface area contributed by atoms with Crippen LogP contribution >= 0.6 is 15.9 Å². The molecule has 0 spiro atoms. The summed E-state index contributed by atoms with van der Waals surface area (Å²) < 4.78 is 32.5. The lowest BCUT2D eigenvalue weighted by molar-refractivity contribution is -0.0464. The summed E-state index contributed by atoms with van der Waals surface area (Å²) in [6, 6.07) is 2.55. The lowest BCUT2D eigenvalue weighted by Crippen LogP contribution is -2.24. The minimum absolute atomic E-state index is 0.158. The summed E-state index contributed by atoms with van der Waals surface area (Å²) in [5.41, 5.74) is 0.158. The van der Waals surface area contributed by atoms with Gasteiger partial charge in [0.15, 0.2) is 11.6 Å². The molecule has 2 nitrogen and oxygen atoms in total. The fourth-order valence-electron chi connectivity index (χ4n) is 1.81. The van der Waals surface area contributed by atoms with E-state index in [2.05, 4.69) is 15.9 Å². The molecule has 1 saturated heterocycles. The van der Waals surface area contributed by atoms with Crippen molar-refractivity contribution >= 4 is 15.9 Å². The van der Waals surface area contributed by atoms with Crippen molar-refractivity contribution in [3.63, 3.8) is 0 Å². The van der Waals surface area contributed by atoms with Crippen molar-refractivity contribution in [2.24, 2.45) is 0 Å². The summed E-state index contributed by atoms with van der Waals surface area (Å²) in [4.78, 5) is 0. The Hall–Kier alpha value is -0.520. The van der Waals surface area contributed by atoms with Gasteiger partial charge in [-0.3, -0.25) is 0 Å². The second kappa shape index (κ2) is 4.77. The second-order valence-electron chi connectivity index (χ2n) is 3.83. The van der Waals surface area contributed by atoms with Crippen LogP contribution in [0.2, 0.25) is 0 Å². The van der Waals surface area contributed by atoms with Crippen molar-refractivity contribution in [1.82, 2.24) is 0 Å². The van der Waals surface area contributed by atoms with Gasteiger partial charge in [-0.05, 0) is 18.6 Å². The van der Waals surface area contributed by atoms with Crippen LogP contribution in [0.3, 0.4) is 0 Å². The average Bonchev–Trinajstić information content (AvgIpc) is 2.23. The summed E-state index contributed by atoms with van der Waals surface area (Å²) >= 11 is 3.10. The average molecular weight is 293 g/mol. The van der Waals surface area contributed by atoms with Gasteiger partial charge in [-0.1, -0.05) is 15.9 Å². The third-order valence-corrected chi connectivity index (χ3v) is 3.08. The van der Waals surface area contributed by atoms with Gasteiger partial charge in [-0.2, -0.15) is 0 Å². The van der Waals surface area contributed by atoms with Crippen molar-refractivity contribution in [3.8, 4) is 0 Å². The third kappa shape index (κ3) is 2.42. The first-order valence-corrected chi connectivity index (χ1v) is 5.81. The van der Waals surface area contributed by atoms with Gasteiger partial charge in [0, 0.05) is 23.1 Å². The van der Waals surface area contributed by atoms with Gasteiger partial charge < -0.3 is 9.84 Å². The van der Waals surface area contributed by atoms with Crippen LogP contribution in [-0.2, 0) is 4.74 Å². The first-order chi connectivity index (χ1) is 7.58. The molecular formula is C11H11BrF2O2. The molecule has 5 heteroatoms. The van der Waals surface area contributed by atoms with Crippen LogP contribution in [0.1, 0.15) is 24.5 Å². The Labute approximate surface area is 100 Å². The predicted molar refractivity (Wildman–Crippen MR) is 58.0 cm³/mol. The highest BCUT2D eigenvalue weighted by molar-refractivity contribution is 9.10. The molecule has 1 aromatic rings. The van der Waals surface area contributed by atoms with E-state index in [0.717, 1.165) is 6.07 Å². The SMILES string of the molecule is OC1CCOC(c2cc(Br)cc(F)c2F)C1. The summed E-state index contributed by atoms with van der Waals surface area (Å²) in [5, 5.41) is 9.46. The van der Waals surface area contributed by atoms with E-state index in [-0.39, 0.29) is 5.56 Å². The lowest BCUT2D eigenvalue weighted by atomic mass is 9.99. The largest absolute Gasteiger partial charge is 0.393 e. The van der Waals surface area contributed by atoms with E-state index < -0.39 is 23.8 Å². The maximum atomic E-state index is 13.5. The first-order valence-electron chi connectivity index (χ1n) is 5.02. The van der Waals surface area contributed by atoms with E-state index in [1.54, 1.807) is 0 Å². The lowest BCUT2D eigenvalue weighted by Gasteiger charge is -2.27. The zero-order valence-corrected chi connectivity index (χ0v) is 10.0. The summed E-state index contributed by atoms with van der Waals surface area (Å²) in [6.45, 7) is 0.361. The monoisotopic (exact) mass is 292 g/mol. The highest BCUT2D eigenvalue weighted by Gasteiger charge is 2.26. The molecule has 0 amide bonds. The predicted octanol–water partition coefficient (Wildman–Crippen LogP) is 2.94. The Morgan fingerprint density at radius 2 is 2.12 bits per heavy atom. The molecular weight excluding hydrogens is 282 g/mol. The van der Waals surface area contributed by atoms with E-state index in [9.17, 15) is 13.9 Å². The highest BCUT2D eigenvalue weighted by Crippen LogP contribution is 2.32. The highest BCUT2D eigenvalue weighted by atomic mass is 79.9. The third-order valence-electron chi connectivity index (χ3n) is 2.62. The fraction of sp³-hybridized carbons (Fsp3) is 0.455. The maximum Gasteiger partial charge on any atom is 0.164 e. The van der Waals surface area contributed by atoms with Gasteiger partial charge in [0.2, 0.25) is 0 Å². The smallest absolute Gasteiger partial charge is 0.164 e. The molecule has 2 atom stereocenters. The molecule has 1 N–H and O–H groups in total. The zero-order valence-electron chi connectivity index (χ0n) is 8.42. The summed E-state index contributed by atoms with van der Waals surface area (Å²) in [6.07, 6.45) is -0.252. The molecule has 1 aromatic carbocycles. The van der Waals surface area contributed by atoms with Gasteiger partial charge in [0.05, 0.1) is 12.2 Å². The Kier molecular flexibility index (Phi) is 3.56. The number of benzene rings is 1. The Balaban J connectivity index is 2.32. The van der Waals surface area contributed by atoms with Crippen molar-refractivity contribution in [3.05, 3.63) is 33.8 Å². The van der Waals surface area contributed by atoms with Gasteiger partial charge in [-0.15, -0.1) is 0 Å². The molecule has 0 radical (unpaired) electrons. The van der Waals surface area contributed by atoms with Crippen LogP contribution in [-0.4, -0.2) is 17.8 Å². The quantitative estimate of drug-likeness (QED) is 0.807. The van der Waals surface area contributed by atoms with Gasteiger partial charge in [0.25, 0.3) is 0 Å². The van der Waals surface area contributed by atoms with Gasteiger partial charge in [-0.25, -0.2) is 8.78 Å². The number of rotatable bonds is 1. The van der Waals surface area contributed by atoms with Crippen LogP contribution in [0.15, 0.2) is 16.6 Å². The topological polar surface area (TPSA) is 29.5 Å². The fourth-order valence-corrected chi connectivity index (χ4v) is 2.25. The molecule has 0 bridgehead atoms. The standard InChI is InChI=1S/C11H11BrF2O2/c12-6-3-8(11(14)9(13)4-6)10-5-7(15)1-2-16-10/h3-4,7,10,15H,1-2,5H2. The van der Waals surface area contributed by atoms with E-state index in [1.165, 1.54) is 6.07 Å². The number of hydrogen-bond acceptors (Lipinski definition) is 2. The van der Waals surface area contributed by atoms with Crippen molar-refractivity contribution in [2.45, 2.75) is 25.0 Å². The minimum atomic E-state index is -0.909. The van der Waals surface area contributed by atoms with Crippen molar-refractivity contribution < 1.29 is 18.6 Å². The van der Waals surface area contributed by atoms with Crippen molar-refractivity contribution in [1.29, 1.82) is 0 Å². The van der Waals surface area contributed by atoms with Gasteiger partial charge >= 0.3 is 0 Å². The van der Waals surface area contributed by atoms with E-state index >= 15 is 0 Å². The van der Waals surface area contributed by atoms with Gasteiger partial charge in [0.1, 0.15) is 0 Å². The van der Waals surface area contributed by atoms with Crippen LogP contribution in [0.25, 0.3) is 0 Å². The molecule has 1 aliphatic heterocycles. The second-order valence-corrected chi connectivity index (χ2v) is 4.74. The number of hydrogen-bond donors (Lipinski definition) is 1. The maximum absolute atomic E-state index is 13.5.